The lowest BCUT2D eigenvalue weighted by Crippen LogP contribution is -2.48. The number of rotatable bonds is 6. The number of hydrogen-bond donors (Lipinski definition) is 1. The van der Waals surface area contributed by atoms with Crippen LogP contribution in [0.15, 0.2) is 30.5 Å². The number of nitrogens with zero attached hydrogens (tertiary/aromatic N) is 5. The fourth-order valence-electron chi connectivity index (χ4n) is 2.72. The molecule has 0 atom stereocenters. The highest BCUT2D eigenvalue weighted by atomic mass is 32.1. The lowest BCUT2D eigenvalue weighted by atomic mass is 10.2. The molecule has 1 aliphatic heterocycles. The smallest absolute Gasteiger partial charge is 0.345 e. The number of piperazine rings is 1. The predicted molar refractivity (Wildman–Crippen MR) is 99.1 cm³/mol. The zero-order valence-electron chi connectivity index (χ0n) is 14.1. The molecule has 0 saturated carbocycles. The molecule has 0 radical (unpaired) electrons. The predicted octanol–water partition coefficient (Wildman–Crippen LogP) is 1.72. The minimum Gasteiger partial charge on any atom is -0.369 e. The van der Waals surface area contributed by atoms with Crippen LogP contribution in [0.4, 0.5) is 21.5 Å². The quantitative estimate of drug-likeness (QED) is 0.580. The van der Waals surface area contributed by atoms with Gasteiger partial charge in [0.05, 0.1) is 16.4 Å². The van der Waals surface area contributed by atoms with E-state index in [0.29, 0.717) is 26.2 Å². The average Bonchev–Trinajstić information content (AvgIpc) is 3.11. The van der Waals surface area contributed by atoms with Gasteiger partial charge in [0.25, 0.3) is 5.69 Å². The highest BCUT2D eigenvalue weighted by Gasteiger charge is 2.21. The van der Waals surface area contributed by atoms with Crippen molar-refractivity contribution in [3.05, 3.63) is 50.7 Å². The molecule has 1 aromatic carbocycles. The molecule has 1 aromatic heterocycles. The fraction of sp³-hybridized carbons (Fsp3) is 0.333. The van der Waals surface area contributed by atoms with Crippen LogP contribution in [0.3, 0.4) is 0 Å². The van der Waals surface area contributed by atoms with Crippen molar-refractivity contribution in [2.45, 2.75) is 0 Å². The second-order valence-corrected chi connectivity index (χ2v) is 6.85. The van der Waals surface area contributed by atoms with Crippen molar-refractivity contribution >= 4 is 38.8 Å². The van der Waals surface area contributed by atoms with Crippen molar-refractivity contribution in [3.63, 3.8) is 0 Å². The zero-order chi connectivity index (χ0) is 19.4. The molecule has 3 rings (SSSR count). The zero-order valence-corrected chi connectivity index (χ0v) is 14.9. The molecule has 142 valence electrons. The first-order valence-corrected chi connectivity index (χ1v) is 8.86. The summed E-state index contributed by atoms with van der Waals surface area (Å²) in [4.78, 5) is 40.3. The molecular formula is C15H16N6O5S. The number of carbonyl (C=O) groups is 1. The van der Waals surface area contributed by atoms with Gasteiger partial charge in [-0.25, -0.2) is 4.98 Å². The molecule has 1 N–H and O–H groups in total. The molecule has 0 unspecified atom stereocenters. The van der Waals surface area contributed by atoms with E-state index in [-0.39, 0.29) is 28.3 Å². The lowest BCUT2D eigenvalue weighted by molar-refractivity contribution is -0.384. The summed E-state index contributed by atoms with van der Waals surface area (Å²) in [7, 11) is 0. The topological polar surface area (TPSA) is 135 Å². The standard InChI is InChI=1S/C15H16N6O5S/c22-13(17-15-16-9-14(27-15)21(25)26)10-18-5-7-19(8-6-18)11-1-3-12(4-2-11)20(23)24/h1-4,9H,5-8,10H2,(H,16,17,22). The molecule has 1 amide bonds. The van der Waals surface area contributed by atoms with Gasteiger partial charge in [-0.05, 0) is 23.5 Å². The van der Waals surface area contributed by atoms with Crippen LogP contribution in [-0.2, 0) is 4.79 Å². The summed E-state index contributed by atoms with van der Waals surface area (Å²) in [5.74, 6) is -0.275. The third-order valence-corrected chi connectivity index (χ3v) is 4.95. The van der Waals surface area contributed by atoms with Crippen molar-refractivity contribution in [1.82, 2.24) is 9.88 Å². The molecule has 11 nitrogen and oxygen atoms in total. The number of non-ortho nitro benzene ring substituents is 1. The SMILES string of the molecule is O=C(CN1CCN(c2ccc([N+](=O)[O-])cc2)CC1)Nc1ncc([N+](=O)[O-])s1. The number of thiazole rings is 1. The Morgan fingerprint density at radius 1 is 1.11 bits per heavy atom. The first-order chi connectivity index (χ1) is 12.9. The third-order valence-electron chi connectivity index (χ3n) is 4.08. The van der Waals surface area contributed by atoms with Gasteiger partial charge >= 0.3 is 5.00 Å². The minimum atomic E-state index is -0.551. The lowest BCUT2D eigenvalue weighted by Gasteiger charge is -2.35. The molecule has 0 bridgehead atoms. The number of nitro groups is 2. The van der Waals surface area contributed by atoms with Crippen molar-refractivity contribution in [3.8, 4) is 0 Å². The van der Waals surface area contributed by atoms with Crippen LogP contribution in [0.2, 0.25) is 0 Å². The summed E-state index contributed by atoms with van der Waals surface area (Å²) >= 11 is 0.815. The highest BCUT2D eigenvalue weighted by Crippen LogP contribution is 2.25. The van der Waals surface area contributed by atoms with E-state index in [9.17, 15) is 25.0 Å². The summed E-state index contributed by atoms with van der Waals surface area (Å²) in [5, 5.41) is 24.0. The summed E-state index contributed by atoms with van der Waals surface area (Å²) in [6, 6.07) is 6.39. The van der Waals surface area contributed by atoms with E-state index in [1.807, 2.05) is 4.90 Å². The maximum Gasteiger partial charge on any atom is 0.345 e. The molecule has 2 heterocycles. The number of amides is 1. The van der Waals surface area contributed by atoms with Crippen molar-refractivity contribution in [1.29, 1.82) is 0 Å². The van der Waals surface area contributed by atoms with E-state index < -0.39 is 9.85 Å². The monoisotopic (exact) mass is 392 g/mol. The van der Waals surface area contributed by atoms with E-state index in [1.165, 1.54) is 12.1 Å². The van der Waals surface area contributed by atoms with E-state index in [4.69, 9.17) is 0 Å². The van der Waals surface area contributed by atoms with E-state index in [2.05, 4.69) is 15.2 Å². The number of anilines is 2. The number of aromatic nitrogens is 1. The largest absolute Gasteiger partial charge is 0.369 e. The Hall–Kier alpha value is -3.12. The molecule has 12 heteroatoms. The Morgan fingerprint density at radius 2 is 1.78 bits per heavy atom. The summed E-state index contributed by atoms with van der Waals surface area (Å²) in [6.07, 6.45) is 1.11. The Labute approximate surface area is 157 Å². The molecular weight excluding hydrogens is 376 g/mol. The van der Waals surface area contributed by atoms with Crippen LogP contribution >= 0.6 is 11.3 Å². The highest BCUT2D eigenvalue weighted by molar-refractivity contribution is 7.18. The van der Waals surface area contributed by atoms with Crippen LogP contribution in [0.5, 0.6) is 0 Å². The maximum atomic E-state index is 12.1. The van der Waals surface area contributed by atoms with Gasteiger partial charge in [-0.2, -0.15) is 0 Å². The Bertz CT molecular complexity index is 847. The number of carbonyl (C=O) groups excluding carboxylic acids is 1. The molecule has 2 aromatic rings. The first kappa shape index (κ1) is 18.7. The van der Waals surface area contributed by atoms with Gasteiger partial charge < -0.3 is 10.2 Å². The van der Waals surface area contributed by atoms with Gasteiger partial charge in [0.2, 0.25) is 5.91 Å². The molecule has 0 spiro atoms. The van der Waals surface area contributed by atoms with Gasteiger partial charge in [0, 0.05) is 44.0 Å². The molecule has 27 heavy (non-hydrogen) atoms. The minimum absolute atomic E-state index is 0.0523. The number of hydrogen-bond acceptors (Lipinski definition) is 9. The van der Waals surface area contributed by atoms with Gasteiger partial charge in [0.15, 0.2) is 5.13 Å². The second-order valence-electron chi connectivity index (χ2n) is 5.85. The van der Waals surface area contributed by atoms with Crippen LogP contribution < -0.4 is 10.2 Å². The first-order valence-electron chi connectivity index (χ1n) is 8.04. The second kappa shape index (κ2) is 8.05. The van der Waals surface area contributed by atoms with Crippen LogP contribution in [0, 0.1) is 20.2 Å². The van der Waals surface area contributed by atoms with Crippen molar-refractivity contribution in [2.75, 3.05) is 42.9 Å². The molecule has 1 saturated heterocycles. The van der Waals surface area contributed by atoms with Crippen LogP contribution in [0.1, 0.15) is 0 Å². The van der Waals surface area contributed by atoms with Gasteiger partial charge in [-0.1, -0.05) is 0 Å². The van der Waals surface area contributed by atoms with E-state index in [1.54, 1.807) is 12.1 Å². The average molecular weight is 392 g/mol. The van der Waals surface area contributed by atoms with E-state index in [0.717, 1.165) is 23.2 Å². The summed E-state index contributed by atoms with van der Waals surface area (Å²) in [5.41, 5.74) is 0.955. The summed E-state index contributed by atoms with van der Waals surface area (Å²) in [6.45, 7) is 2.86. The van der Waals surface area contributed by atoms with Crippen molar-refractivity contribution < 1.29 is 14.6 Å². The van der Waals surface area contributed by atoms with E-state index >= 15 is 0 Å². The Balaban J connectivity index is 1.47. The van der Waals surface area contributed by atoms with Gasteiger partial charge in [-0.3, -0.25) is 29.9 Å². The van der Waals surface area contributed by atoms with Crippen molar-refractivity contribution in [2.24, 2.45) is 0 Å². The number of nitro benzene ring substituents is 1. The molecule has 1 aliphatic rings. The Kier molecular flexibility index (Phi) is 5.57. The fourth-order valence-corrected chi connectivity index (χ4v) is 3.37. The maximum absolute atomic E-state index is 12.1. The normalized spacial score (nSPS) is 14.7. The van der Waals surface area contributed by atoms with Gasteiger partial charge in [0.1, 0.15) is 6.20 Å². The van der Waals surface area contributed by atoms with Crippen LogP contribution in [0.25, 0.3) is 0 Å². The molecule has 1 fully saturated rings. The third kappa shape index (κ3) is 4.74. The summed E-state index contributed by atoms with van der Waals surface area (Å²) < 4.78 is 0. The molecule has 0 aliphatic carbocycles. The van der Waals surface area contributed by atoms with Gasteiger partial charge in [-0.15, -0.1) is 0 Å². The Morgan fingerprint density at radius 3 is 2.33 bits per heavy atom. The van der Waals surface area contributed by atoms with Crippen LogP contribution in [-0.4, -0.2) is 58.4 Å². The number of benzene rings is 1. The number of nitrogens with one attached hydrogen (secondary N) is 1.